The van der Waals surface area contributed by atoms with Crippen molar-refractivity contribution in [3.8, 4) is 16.9 Å². The van der Waals surface area contributed by atoms with E-state index in [4.69, 9.17) is 4.74 Å². The average Bonchev–Trinajstić information content (AvgIpc) is 3.18. The Morgan fingerprint density at radius 2 is 1.79 bits per heavy atom. The molecule has 1 aromatic heterocycles. The molecule has 0 fully saturated rings. The molecular weight excluding hydrogens is 443 g/mol. The number of halogens is 1. The molecule has 33 heavy (non-hydrogen) atoms. The maximum absolute atomic E-state index is 13.4. The summed E-state index contributed by atoms with van der Waals surface area (Å²) in [5.74, 6) is -0.134. The van der Waals surface area contributed by atoms with Gasteiger partial charge in [-0.1, -0.05) is 24.3 Å². The van der Waals surface area contributed by atoms with Crippen LogP contribution in [-0.4, -0.2) is 43.1 Å². The van der Waals surface area contributed by atoms with Crippen LogP contribution in [0.15, 0.2) is 78.5 Å². The highest BCUT2D eigenvalue weighted by Crippen LogP contribution is 2.29. The van der Waals surface area contributed by atoms with Crippen LogP contribution < -0.4 is 4.74 Å². The van der Waals surface area contributed by atoms with Crippen LogP contribution in [0, 0.1) is 5.82 Å². The number of carbonyl (C=O) groups excluding carboxylic acids is 1. The summed E-state index contributed by atoms with van der Waals surface area (Å²) in [7, 11) is -1.80. The van der Waals surface area contributed by atoms with Gasteiger partial charge in [-0.2, -0.15) is 0 Å². The van der Waals surface area contributed by atoms with Crippen LogP contribution in [0.25, 0.3) is 11.1 Å². The van der Waals surface area contributed by atoms with E-state index in [2.05, 4.69) is 4.98 Å². The number of benzene rings is 2. The molecule has 1 amide bonds. The van der Waals surface area contributed by atoms with Crippen molar-refractivity contribution in [3.05, 3.63) is 95.4 Å². The van der Waals surface area contributed by atoms with Gasteiger partial charge in [-0.05, 0) is 53.1 Å². The minimum atomic E-state index is -3.33. The molecule has 0 radical (unpaired) electrons. The molecule has 6 nitrogen and oxygen atoms in total. The summed E-state index contributed by atoms with van der Waals surface area (Å²) in [4.78, 5) is 18.9. The van der Waals surface area contributed by atoms with Crippen LogP contribution in [0.4, 0.5) is 4.39 Å². The Hall–Kier alpha value is -3.52. The van der Waals surface area contributed by atoms with Crippen molar-refractivity contribution in [3.63, 3.8) is 0 Å². The maximum atomic E-state index is 13.4. The fourth-order valence-electron chi connectivity index (χ4n) is 3.81. The van der Waals surface area contributed by atoms with Gasteiger partial charge in [0.05, 0.1) is 25.3 Å². The highest BCUT2D eigenvalue weighted by atomic mass is 32.2. The van der Waals surface area contributed by atoms with Crippen LogP contribution in [-0.2, 0) is 27.6 Å². The van der Waals surface area contributed by atoms with Crippen molar-refractivity contribution in [1.29, 1.82) is 0 Å². The second kappa shape index (κ2) is 9.54. The zero-order valence-electron chi connectivity index (χ0n) is 18.0. The second-order valence-corrected chi connectivity index (χ2v) is 9.74. The van der Waals surface area contributed by atoms with Crippen molar-refractivity contribution >= 4 is 15.7 Å². The van der Waals surface area contributed by atoms with Crippen molar-refractivity contribution in [1.82, 2.24) is 9.88 Å². The molecule has 1 aliphatic rings. The van der Waals surface area contributed by atoms with Crippen LogP contribution in [0.1, 0.15) is 11.1 Å². The Bertz CT molecular complexity index is 1280. The van der Waals surface area contributed by atoms with Gasteiger partial charge < -0.3 is 9.64 Å². The van der Waals surface area contributed by atoms with E-state index >= 15 is 0 Å². The van der Waals surface area contributed by atoms with Gasteiger partial charge in [0, 0.05) is 29.9 Å². The number of hydrogen-bond acceptors (Lipinski definition) is 5. The fourth-order valence-corrected chi connectivity index (χ4v) is 5.10. The highest BCUT2D eigenvalue weighted by molar-refractivity contribution is 7.94. The molecule has 1 unspecified atom stereocenters. The molecule has 2 heterocycles. The first-order chi connectivity index (χ1) is 15.8. The van der Waals surface area contributed by atoms with E-state index < -0.39 is 15.9 Å². The number of carbonyl (C=O) groups is 1. The third-order valence-electron chi connectivity index (χ3n) is 5.54. The predicted octanol–water partition coefficient (Wildman–Crippen LogP) is 3.78. The fraction of sp³-hybridized carbons (Fsp3) is 0.200. The zero-order chi connectivity index (χ0) is 23.4. The first kappa shape index (κ1) is 22.7. The normalized spacial score (nSPS) is 16.5. The molecule has 8 heteroatoms. The number of rotatable bonds is 7. The lowest BCUT2D eigenvalue weighted by Crippen LogP contribution is -2.41. The van der Waals surface area contributed by atoms with Crippen molar-refractivity contribution in [2.75, 3.05) is 12.9 Å². The molecule has 170 valence electrons. The maximum Gasteiger partial charge on any atom is 0.227 e. The summed E-state index contributed by atoms with van der Waals surface area (Å²) in [5.41, 5.74) is 3.20. The Morgan fingerprint density at radius 1 is 1.09 bits per heavy atom. The molecule has 0 saturated heterocycles. The molecular formula is C25H23FN2O4S. The van der Waals surface area contributed by atoms with Crippen molar-refractivity contribution in [2.45, 2.75) is 19.0 Å². The third-order valence-corrected chi connectivity index (χ3v) is 6.92. The van der Waals surface area contributed by atoms with E-state index in [1.807, 2.05) is 12.1 Å². The van der Waals surface area contributed by atoms with Gasteiger partial charge in [0.1, 0.15) is 11.6 Å². The SMILES string of the molecule is COc1cc(-c2ccc(F)cc2)ccc1CC(=O)N(Cc1ccncc1)C1C=CS(=O)(=O)C1. The number of amides is 1. The number of methoxy groups -OCH3 is 1. The van der Waals surface area contributed by atoms with Gasteiger partial charge in [0.2, 0.25) is 5.91 Å². The molecule has 1 aliphatic heterocycles. The molecule has 2 aromatic carbocycles. The Balaban J connectivity index is 1.59. The van der Waals surface area contributed by atoms with E-state index in [1.54, 1.807) is 53.7 Å². The summed E-state index contributed by atoms with van der Waals surface area (Å²) in [6.07, 6.45) is 4.87. The topological polar surface area (TPSA) is 76.6 Å². The predicted molar refractivity (Wildman–Crippen MR) is 124 cm³/mol. The monoisotopic (exact) mass is 466 g/mol. The molecule has 0 N–H and O–H groups in total. The second-order valence-electron chi connectivity index (χ2n) is 7.81. The van der Waals surface area contributed by atoms with Gasteiger partial charge >= 0.3 is 0 Å². The summed E-state index contributed by atoms with van der Waals surface area (Å²) in [6, 6.07) is 14.7. The Labute approximate surface area is 192 Å². The third kappa shape index (κ3) is 5.46. The van der Waals surface area contributed by atoms with Gasteiger partial charge in [0.25, 0.3) is 0 Å². The lowest BCUT2D eigenvalue weighted by Gasteiger charge is -2.28. The number of hydrogen-bond donors (Lipinski definition) is 0. The number of sulfone groups is 1. The lowest BCUT2D eigenvalue weighted by atomic mass is 10.0. The Kier molecular flexibility index (Phi) is 6.55. The number of aromatic nitrogens is 1. The van der Waals surface area contributed by atoms with Crippen LogP contribution in [0.2, 0.25) is 0 Å². The van der Waals surface area contributed by atoms with Gasteiger partial charge in [0.15, 0.2) is 9.84 Å². The molecule has 0 bridgehead atoms. The van der Waals surface area contributed by atoms with Crippen LogP contribution in [0.5, 0.6) is 5.75 Å². The lowest BCUT2D eigenvalue weighted by molar-refractivity contribution is -0.132. The smallest absolute Gasteiger partial charge is 0.227 e. The molecule has 0 aliphatic carbocycles. The van der Waals surface area contributed by atoms with E-state index in [0.29, 0.717) is 11.3 Å². The molecule has 1 atom stereocenters. The first-order valence-corrected chi connectivity index (χ1v) is 12.1. The molecule has 0 spiro atoms. The number of pyridine rings is 1. The van der Waals surface area contributed by atoms with Gasteiger partial charge in [-0.3, -0.25) is 9.78 Å². The first-order valence-electron chi connectivity index (χ1n) is 10.4. The van der Waals surface area contributed by atoms with Crippen LogP contribution >= 0.6 is 0 Å². The van der Waals surface area contributed by atoms with E-state index in [1.165, 1.54) is 24.7 Å². The number of nitrogens with zero attached hydrogens (tertiary/aromatic N) is 2. The highest BCUT2D eigenvalue weighted by Gasteiger charge is 2.30. The standard InChI is InChI=1S/C25H23FN2O4S/c1-32-24-14-20(19-4-6-22(26)7-5-19)2-3-21(24)15-25(29)28(16-18-8-11-27-12-9-18)23-10-13-33(30,31)17-23/h2-14,23H,15-17H2,1H3. The van der Waals surface area contributed by atoms with E-state index in [-0.39, 0.29) is 30.4 Å². The molecule has 0 saturated carbocycles. The van der Waals surface area contributed by atoms with Crippen molar-refractivity contribution < 1.29 is 22.3 Å². The quantitative estimate of drug-likeness (QED) is 0.530. The Morgan fingerprint density at radius 3 is 2.42 bits per heavy atom. The largest absolute Gasteiger partial charge is 0.496 e. The minimum absolute atomic E-state index is 0.0440. The summed E-state index contributed by atoms with van der Waals surface area (Å²) in [6.45, 7) is 0.266. The minimum Gasteiger partial charge on any atom is -0.496 e. The van der Waals surface area contributed by atoms with Crippen molar-refractivity contribution in [2.24, 2.45) is 0 Å². The number of ether oxygens (including phenoxy) is 1. The molecule has 4 rings (SSSR count). The summed E-state index contributed by atoms with van der Waals surface area (Å²) < 4.78 is 42.8. The zero-order valence-corrected chi connectivity index (χ0v) is 18.8. The average molecular weight is 467 g/mol. The van der Waals surface area contributed by atoms with Gasteiger partial charge in [-0.25, -0.2) is 12.8 Å². The molecule has 3 aromatic rings. The van der Waals surface area contributed by atoms with E-state index in [0.717, 1.165) is 16.7 Å². The van der Waals surface area contributed by atoms with Crippen LogP contribution in [0.3, 0.4) is 0 Å². The summed E-state index contributed by atoms with van der Waals surface area (Å²) >= 11 is 0. The van der Waals surface area contributed by atoms with Gasteiger partial charge in [-0.15, -0.1) is 0 Å². The summed E-state index contributed by atoms with van der Waals surface area (Å²) in [5, 5.41) is 1.17. The van der Waals surface area contributed by atoms with E-state index in [9.17, 15) is 17.6 Å².